The van der Waals surface area contributed by atoms with E-state index in [4.69, 9.17) is 5.73 Å². The number of hydrogen-bond donors (Lipinski definition) is 1. The Bertz CT molecular complexity index is 361. The molecule has 2 rings (SSSR count). The Labute approximate surface area is 104 Å². The van der Waals surface area contributed by atoms with E-state index in [9.17, 15) is 4.39 Å². The van der Waals surface area contributed by atoms with Crippen molar-refractivity contribution in [2.45, 2.75) is 38.1 Å². The van der Waals surface area contributed by atoms with Crippen molar-refractivity contribution < 1.29 is 4.39 Å². The fourth-order valence-electron chi connectivity index (χ4n) is 2.53. The molecule has 0 aliphatic heterocycles. The largest absolute Gasteiger partial charge is 0.324 e. The fraction of sp³-hybridized carbons (Fsp3) is 0.538. The van der Waals surface area contributed by atoms with Crippen LogP contribution in [-0.2, 0) is 0 Å². The Balaban J connectivity index is 2.07. The minimum Gasteiger partial charge on any atom is -0.324 e. The Morgan fingerprint density at radius 2 is 2.06 bits per heavy atom. The molecule has 0 aromatic heterocycles. The smallest absolute Gasteiger partial charge is 0.128 e. The summed E-state index contributed by atoms with van der Waals surface area (Å²) in [7, 11) is 0. The lowest BCUT2D eigenvalue weighted by Crippen LogP contribution is -2.15. The van der Waals surface area contributed by atoms with E-state index in [-0.39, 0.29) is 11.9 Å². The van der Waals surface area contributed by atoms with E-state index < -0.39 is 0 Å². The molecule has 0 bridgehead atoms. The first-order valence-corrected chi connectivity index (χ1v) is 6.66. The summed E-state index contributed by atoms with van der Waals surface area (Å²) < 4.78 is 14.5. The predicted molar refractivity (Wildman–Crippen MR) is 67.6 cm³/mol. The lowest BCUT2D eigenvalue weighted by atomic mass is 9.94. The van der Waals surface area contributed by atoms with Crippen molar-refractivity contribution in [2.75, 3.05) is 0 Å². The van der Waals surface area contributed by atoms with Crippen LogP contribution in [-0.4, -0.2) is 0 Å². The quantitative estimate of drug-likeness (QED) is 0.886. The Kier molecular flexibility index (Phi) is 3.98. The van der Waals surface area contributed by atoms with Gasteiger partial charge in [-0.2, -0.15) is 0 Å². The van der Waals surface area contributed by atoms with Gasteiger partial charge in [-0.15, -0.1) is 0 Å². The van der Waals surface area contributed by atoms with E-state index >= 15 is 0 Å². The number of hydrogen-bond acceptors (Lipinski definition) is 1. The molecule has 1 aromatic carbocycles. The first-order valence-electron chi connectivity index (χ1n) is 5.87. The molecule has 1 nitrogen and oxygen atoms in total. The van der Waals surface area contributed by atoms with Gasteiger partial charge in [-0.1, -0.05) is 41.6 Å². The SMILES string of the molecule is NC(CC1CCCC1)c1cc(Br)ccc1F. The zero-order chi connectivity index (χ0) is 11.5. The summed E-state index contributed by atoms with van der Waals surface area (Å²) >= 11 is 3.36. The molecular formula is C13H17BrFN. The van der Waals surface area contributed by atoms with Crippen LogP contribution < -0.4 is 5.73 Å². The van der Waals surface area contributed by atoms with E-state index in [1.165, 1.54) is 31.7 Å². The van der Waals surface area contributed by atoms with Crippen LogP contribution in [0.15, 0.2) is 22.7 Å². The highest BCUT2D eigenvalue weighted by molar-refractivity contribution is 9.10. The summed E-state index contributed by atoms with van der Waals surface area (Å²) in [5.74, 6) is 0.502. The molecule has 0 saturated heterocycles. The first kappa shape index (κ1) is 12.1. The van der Waals surface area contributed by atoms with Gasteiger partial charge in [0.2, 0.25) is 0 Å². The standard InChI is InChI=1S/C13H17BrFN/c14-10-5-6-12(15)11(8-10)13(16)7-9-3-1-2-4-9/h5-6,8-9,13H,1-4,7,16H2. The molecule has 88 valence electrons. The lowest BCUT2D eigenvalue weighted by molar-refractivity contribution is 0.440. The van der Waals surface area contributed by atoms with Crippen LogP contribution in [0, 0.1) is 11.7 Å². The van der Waals surface area contributed by atoms with Gasteiger partial charge >= 0.3 is 0 Å². The van der Waals surface area contributed by atoms with Gasteiger partial charge in [-0.3, -0.25) is 0 Å². The molecule has 0 heterocycles. The Morgan fingerprint density at radius 1 is 1.38 bits per heavy atom. The molecule has 2 N–H and O–H groups in total. The topological polar surface area (TPSA) is 26.0 Å². The Hall–Kier alpha value is -0.410. The second-order valence-corrected chi connectivity index (χ2v) is 5.57. The average molecular weight is 286 g/mol. The number of nitrogens with two attached hydrogens (primary N) is 1. The summed E-state index contributed by atoms with van der Waals surface area (Å²) in [5.41, 5.74) is 6.72. The summed E-state index contributed by atoms with van der Waals surface area (Å²) in [4.78, 5) is 0. The van der Waals surface area contributed by atoms with Crippen molar-refractivity contribution >= 4 is 15.9 Å². The maximum atomic E-state index is 13.6. The summed E-state index contributed by atoms with van der Waals surface area (Å²) in [6.07, 6.45) is 6.02. The van der Waals surface area contributed by atoms with Crippen LogP contribution in [0.2, 0.25) is 0 Å². The molecule has 1 saturated carbocycles. The third kappa shape index (κ3) is 2.83. The normalized spacial score (nSPS) is 18.9. The summed E-state index contributed by atoms with van der Waals surface area (Å²) in [6.45, 7) is 0. The minimum atomic E-state index is -0.186. The van der Waals surface area contributed by atoms with Crippen molar-refractivity contribution in [1.29, 1.82) is 0 Å². The summed E-state index contributed by atoms with van der Waals surface area (Å²) in [5, 5.41) is 0. The highest BCUT2D eigenvalue weighted by Crippen LogP contribution is 2.33. The summed E-state index contributed by atoms with van der Waals surface area (Å²) in [6, 6.07) is 4.82. The van der Waals surface area contributed by atoms with E-state index in [0.29, 0.717) is 11.5 Å². The molecule has 16 heavy (non-hydrogen) atoms. The third-order valence-electron chi connectivity index (χ3n) is 3.42. The van der Waals surface area contributed by atoms with E-state index in [0.717, 1.165) is 10.9 Å². The van der Waals surface area contributed by atoms with Gasteiger partial charge in [0.1, 0.15) is 5.82 Å². The first-order chi connectivity index (χ1) is 7.66. The van der Waals surface area contributed by atoms with Crippen molar-refractivity contribution in [3.8, 4) is 0 Å². The number of halogens is 2. The molecule has 1 unspecified atom stereocenters. The van der Waals surface area contributed by atoms with Gasteiger partial charge in [0, 0.05) is 16.1 Å². The molecule has 1 aliphatic carbocycles. The number of benzene rings is 1. The van der Waals surface area contributed by atoms with Crippen LogP contribution in [0.25, 0.3) is 0 Å². The highest BCUT2D eigenvalue weighted by atomic mass is 79.9. The van der Waals surface area contributed by atoms with Gasteiger partial charge < -0.3 is 5.73 Å². The van der Waals surface area contributed by atoms with Gasteiger partial charge in [0.05, 0.1) is 0 Å². The maximum absolute atomic E-state index is 13.6. The second-order valence-electron chi connectivity index (χ2n) is 4.66. The predicted octanol–water partition coefficient (Wildman–Crippen LogP) is 4.17. The van der Waals surface area contributed by atoms with Crippen LogP contribution in [0.4, 0.5) is 4.39 Å². The molecule has 1 fully saturated rings. The van der Waals surface area contributed by atoms with Crippen molar-refractivity contribution in [3.05, 3.63) is 34.1 Å². The van der Waals surface area contributed by atoms with E-state index in [1.54, 1.807) is 12.1 Å². The maximum Gasteiger partial charge on any atom is 0.128 e. The third-order valence-corrected chi connectivity index (χ3v) is 3.91. The van der Waals surface area contributed by atoms with Crippen LogP contribution >= 0.6 is 15.9 Å². The van der Waals surface area contributed by atoms with E-state index in [2.05, 4.69) is 15.9 Å². The zero-order valence-electron chi connectivity index (χ0n) is 9.26. The van der Waals surface area contributed by atoms with Crippen molar-refractivity contribution in [3.63, 3.8) is 0 Å². The van der Waals surface area contributed by atoms with Gasteiger partial charge in [0.15, 0.2) is 0 Å². The van der Waals surface area contributed by atoms with Crippen LogP contribution in [0.3, 0.4) is 0 Å². The van der Waals surface area contributed by atoms with Crippen LogP contribution in [0.5, 0.6) is 0 Å². The fourth-order valence-corrected chi connectivity index (χ4v) is 2.91. The van der Waals surface area contributed by atoms with E-state index in [1.807, 2.05) is 0 Å². The lowest BCUT2D eigenvalue weighted by Gasteiger charge is -2.17. The molecule has 0 spiro atoms. The number of rotatable bonds is 3. The van der Waals surface area contributed by atoms with Crippen LogP contribution in [0.1, 0.15) is 43.7 Å². The molecule has 1 aromatic rings. The second kappa shape index (κ2) is 5.28. The molecule has 0 radical (unpaired) electrons. The van der Waals surface area contributed by atoms with Gasteiger partial charge in [0.25, 0.3) is 0 Å². The van der Waals surface area contributed by atoms with Crippen molar-refractivity contribution in [2.24, 2.45) is 11.7 Å². The zero-order valence-corrected chi connectivity index (χ0v) is 10.8. The molecule has 3 heteroatoms. The van der Waals surface area contributed by atoms with Gasteiger partial charge in [-0.05, 0) is 30.5 Å². The Morgan fingerprint density at radius 3 is 2.75 bits per heavy atom. The minimum absolute atomic E-state index is 0.166. The average Bonchev–Trinajstić information content (AvgIpc) is 2.74. The monoisotopic (exact) mass is 285 g/mol. The highest BCUT2D eigenvalue weighted by Gasteiger charge is 2.20. The van der Waals surface area contributed by atoms with Crippen molar-refractivity contribution in [1.82, 2.24) is 0 Å². The molecule has 1 atom stereocenters. The molecule has 1 aliphatic rings. The molecular weight excluding hydrogens is 269 g/mol. The van der Waals surface area contributed by atoms with Gasteiger partial charge in [-0.25, -0.2) is 4.39 Å². The molecule has 0 amide bonds.